The van der Waals surface area contributed by atoms with Crippen LogP contribution in [0.25, 0.3) is 0 Å². The van der Waals surface area contributed by atoms with Gasteiger partial charge < -0.3 is 9.64 Å². The number of hydrogen-bond donors (Lipinski definition) is 1. The van der Waals surface area contributed by atoms with E-state index in [1.807, 2.05) is 32.0 Å². The van der Waals surface area contributed by atoms with Gasteiger partial charge in [-0.2, -0.15) is 0 Å². The molecule has 0 unspecified atom stereocenters. The minimum atomic E-state index is -3.70. The van der Waals surface area contributed by atoms with Crippen molar-refractivity contribution in [2.75, 3.05) is 18.4 Å². The lowest BCUT2D eigenvalue weighted by Crippen LogP contribution is -2.35. The molecular weight excluding hydrogens is 424 g/mol. The van der Waals surface area contributed by atoms with E-state index in [2.05, 4.69) is 4.72 Å². The minimum Gasteiger partial charge on any atom is -0.497 e. The summed E-state index contributed by atoms with van der Waals surface area (Å²) in [7, 11) is -2.08. The molecule has 0 aliphatic carbocycles. The van der Waals surface area contributed by atoms with E-state index in [9.17, 15) is 13.2 Å². The fourth-order valence-corrected chi connectivity index (χ4v) is 4.94. The third-order valence-electron chi connectivity index (χ3n) is 5.89. The molecule has 3 aromatic rings. The molecule has 6 nitrogen and oxygen atoms in total. The lowest BCUT2D eigenvalue weighted by molar-refractivity contribution is 0.0734. The second kappa shape index (κ2) is 8.67. The molecule has 166 valence electrons. The summed E-state index contributed by atoms with van der Waals surface area (Å²) in [6.45, 7) is 4.97. The number of amides is 1. The molecule has 0 aromatic heterocycles. The molecule has 0 saturated carbocycles. The fraction of sp³-hybridized carbons (Fsp3) is 0.240. The van der Waals surface area contributed by atoms with E-state index in [0.717, 1.165) is 28.9 Å². The van der Waals surface area contributed by atoms with Crippen LogP contribution < -0.4 is 9.46 Å². The number of ether oxygens (including phenoxy) is 1. The van der Waals surface area contributed by atoms with Crippen LogP contribution >= 0.6 is 0 Å². The van der Waals surface area contributed by atoms with Crippen LogP contribution in [-0.4, -0.2) is 32.9 Å². The number of carbonyl (C=O) groups excluding carboxylic acids is 1. The van der Waals surface area contributed by atoms with Crippen molar-refractivity contribution in [2.24, 2.45) is 0 Å². The molecule has 0 spiro atoms. The summed E-state index contributed by atoms with van der Waals surface area (Å²) in [5, 5.41) is 0. The number of anilines is 1. The zero-order valence-electron chi connectivity index (χ0n) is 18.4. The maximum absolute atomic E-state index is 13.0. The van der Waals surface area contributed by atoms with Gasteiger partial charge in [0, 0.05) is 24.3 Å². The van der Waals surface area contributed by atoms with Crippen LogP contribution in [0.1, 0.15) is 32.6 Å². The monoisotopic (exact) mass is 450 g/mol. The SMILES string of the molecule is COc1ccc2c(c1)CN(C(=O)c1ccc(NS(=O)(=O)c3ccc(C)c(C)c3)cc1)CC2. The second-order valence-corrected chi connectivity index (χ2v) is 9.72. The third kappa shape index (κ3) is 4.48. The average molecular weight is 451 g/mol. The summed E-state index contributed by atoms with van der Waals surface area (Å²) < 4.78 is 33.3. The van der Waals surface area contributed by atoms with Gasteiger partial charge in [0.2, 0.25) is 0 Å². The van der Waals surface area contributed by atoms with Gasteiger partial charge in [-0.1, -0.05) is 12.1 Å². The van der Waals surface area contributed by atoms with Crippen molar-refractivity contribution in [3.05, 3.63) is 88.5 Å². The standard InChI is InChI=1S/C25H26N2O4S/c1-17-4-11-24(14-18(17)2)32(29,30)26-22-8-5-20(6-9-22)25(28)27-13-12-19-7-10-23(31-3)15-21(19)16-27/h4-11,14-15,26H,12-13,16H2,1-3H3. The van der Waals surface area contributed by atoms with Crippen molar-refractivity contribution in [1.29, 1.82) is 0 Å². The number of hydrogen-bond acceptors (Lipinski definition) is 4. The summed E-state index contributed by atoms with van der Waals surface area (Å²) in [6.07, 6.45) is 0.791. The predicted octanol–water partition coefficient (Wildman–Crippen LogP) is 4.31. The van der Waals surface area contributed by atoms with E-state index < -0.39 is 10.0 Å². The highest BCUT2D eigenvalue weighted by molar-refractivity contribution is 7.92. The molecule has 0 bridgehead atoms. The molecule has 4 rings (SSSR count). The third-order valence-corrected chi connectivity index (χ3v) is 7.26. The first-order valence-corrected chi connectivity index (χ1v) is 11.9. The first-order chi connectivity index (χ1) is 15.3. The molecule has 0 radical (unpaired) electrons. The van der Waals surface area contributed by atoms with Gasteiger partial charge in [-0.25, -0.2) is 8.42 Å². The minimum absolute atomic E-state index is 0.0814. The van der Waals surface area contributed by atoms with Crippen molar-refractivity contribution < 1.29 is 17.9 Å². The first kappa shape index (κ1) is 21.9. The van der Waals surface area contributed by atoms with Crippen LogP contribution in [0, 0.1) is 13.8 Å². The van der Waals surface area contributed by atoms with Gasteiger partial charge in [-0.15, -0.1) is 0 Å². The number of carbonyl (C=O) groups is 1. The molecule has 0 saturated heterocycles. The van der Waals surface area contributed by atoms with Crippen molar-refractivity contribution >= 4 is 21.6 Å². The largest absolute Gasteiger partial charge is 0.497 e. The number of nitrogens with one attached hydrogen (secondary N) is 1. The Morgan fingerprint density at radius 3 is 2.38 bits per heavy atom. The average Bonchev–Trinajstić information content (AvgIpc) is 2.79. The van der Waals surface area contributed by atoms with Gasteiger partial charge >= 0.3 is 0 Å². The van der Waals surface area contributed by atoms with Crippen LogP contribution in [0.5, 0.6) is 5.75 Å². The highest BCUT2D eigenvalue weighted by Gasteiger charge is 2.22. The quantitative estimate of drug-likeness (QED) is 0.628. The zero-order valence-corrected chi connectivity index (χ0v) is 19.2. The Morgan fingerprint density at radius 2 is 1.69 bits per heavy atom. The Hall–Kier alpha value is -3.32. The molecule has 1 amide bonds. The number of sulfonamides is 1. The van der Waals surface area contributed by atoms with Gasteiger partial charge in [-0.05, 0) is 91.1 Å². The zero-order chi connectivity index (χ0) is 22.9. The van der Waals surface area contributed by atoms with E-state index in [4.69, 9.17) is 4.74 Å². The molecule has 1 aliphatic heterocycles. The number of rotatable bonds is 5. The van der Waals surface area contributed by atoms with Gasteiger partial charge in [-0.3, -0.25) is 9.52 Å². The molecule has 1 heterocycles. The lowest BCUT2D eigenvalue weighted by atomic mass is 9.99. The van der Waals surface area contributed by atoms with Crippen LogP contribution in [0.15, 0.2) is 65.6 Å². The van der Waals surface area contributed by atoms with Crippen LogP contribution in [-0.2, 0) is 23.0 Å². The van der Waals surface area contributed by atoms with Crippen molar-refractivity contribution in [3.8, 4) is 5.75 Å². The van der Waals surface area contributed by atoms with Crippen LogP contribution in [0.4, 0.5) is 5.69 Å². The number of fused-ring (bicyclic) bond motifs is 1. The molecular formula is C25H26N2O4S. The molecule has 3 aromatic carbocycles. The van der Waals surface area contributed by atoms with Gasteiger partial charge in [0.25, 0.3) is 15.9 Å². The molecule has 32 heavy (non-hydrogen) atoms. The number of aryl methyl sites for hydroxylation is 2. The second-order valence-electron chi connectivity index (χ2n) is 8.04. The van der Waals surface area contributed by atoms with E-state index in [-0.39, 0.29) is 10.8 Å². The number of benzene rings is 3. The molecule has 1 N–H and O–H groups in total. The first-order valence-electron chi connectivity index (χ1n) is 10.4. The summed E-state index contributed by atoms with van der Waals surface area (Å²) in [5.74, 6) is 0.695. The highest BCUT2D eigenvalue weighted by Crippen LogP contribution is 2.25. The van der Waals surface area contributed by atoms with Crippen LogP contribution in [0.3, 0.4) is 0 Å². The Bertz CT molecular complexity index is 1270. The molecule has 7 heteroatoms. The smallest absolute Gasteiger partial charge is 0.261 e. The topological polar surface area (TPSA) is 75.7 Å². The van der Waals surface area contributed by atoms with Crippen molar-refractivity contribution in [1.82, 2.24) is 4.90 Å². The Balaban J connectivity index is 1.47. The summed E-state index contributed by atoms with van der Waals surface area (Å²) in [4.78, 5) is 15.0. The molecule has 0 atom stereocenters. The normalized spacial score (nSPS) is 13.4. The number of nitrogens with zero attached hydrogens (tertiary/aromatic N) is 1. The lowest BCUT2D eigenvalue weighted by Gasteiger charge is -2.29. The maximum atomic E-state index is 13.0. The predicted molar refractivity (Wildman–Crippen MR) is 125 cm³/mol. The van der Waals surface area contributed by atoms with E-state index in [0.29, 0.717) is 24.3 Å². The van der Waals surface area contributed by atoms with E-state index in [1.54, 1.807) is 54.5 Å². The van der Waals surface area contributed by atoms with Crippen LogP contribution in [0.2, 0.25) is 0 Å². The van der Waals surface area contributed by atoms with Gasteiger partial charge in [0.1, 0.15) is 5.75 Å². The Kier molecular flexibility index (Phi) is 5.93. The van der Waals surface area contributed by atoms with E-state index in [1.165, 1.54) is 5.56 Å². The summed E-state index contributed by atoms with van der Waals surface area (Å²) in [6, 6.07) is 17.5. The van der Waals surface area contributed by atoms with E-state index >= 15 is 0 Å². The highest BCUT2D eigenvalue weighted by atomic mass is 32.2. The summed E-state index contributed by atoms with van der Waals surface area (Å²) in [5.41, 5.74) is 5.19. The number of methoxy groups -OCH3 is 1. The van der Waals surface area contributed by atoms with Gasteiger partial charge in [0.05, 0.1) is 12.0 Å². The fourth-order valence-electron chi connectivity index (χ4n) is 3.79. The van der Waals surface area contributed by atoms with Crippen molar-refractivity contribution in [2.45, 2.75) is 31.7 Å². The molecule has 0 fully saturated rings. The summed E-state index contributed by atoms with van der Waals surface area (Å²) >= 11 is 0. The Labute approximate surface area is 188 Å². The van der Waals surface area contributed by atoms with Crippen molar-refractivity contribution in [3.63, 3.8) is 0 Å². The Morgan fingerprint density at radius 1 is 0.938 bits per heavy atom. The van der Waals surface area contributed by atoms with Gasteiger partial charge in [0.15, 0.2) is 0 Å². The molecule has 1 aliphatic rings. The maximum Gasteiger partial charge on any atom is 0.261 e.